The first kappa shape index (κ1) is 11.6. The molecule has 0 unspecified atom stereocenters. The fourth-order valence-corrected chi connectivity index (χ4v) is 2.83. The highest BCUT2D eigenvalue weighted by Crippen LogP contribution is 2.30. The zero-order valence-corrected chi connectivity index (χ0v) is 10.6. The highest BCUT2D eigenvalue weighted by atomic mass is 79.9. The maximum absolute atomic E-state index is 7.50. The van der Waals surface area contributed by atoms with Crippen molar-refractivity contribution in [1.29, 1.82) is 5.41 Å². The Balaban J connectivity index is 3.14. The van der Waals surface area contributed by atoms with Gasteiger partial charge in [-0.1, -0.05) is 19.9 Å². The summed E-state index contributed by atoms with van der Waals surface area (Å²) in [5, 5.41) is 7.98. The molecule has 0 amide bonds. The molecule has 4 heteroatoms. The summed E-state index contributed by atoms with van der Waals surface area (Å²) in [4.78, 5) is 1.06. The summed E-state index contributed by atoms with van der Waals surface area (Å²) in [6.45, 7) is 4.24. The van der Waals surface area contributed by atoms with E-state index in [0.717, 1.165) is 14.9 Å². The van der Waals surface area contributed by atoms with Crippen LogP contribution < -0.4 is 5.73 Å². The van der Waals surface area contributed by atoms with E-state index in [-0.39, 0.29) is 5.84 Å². The molecular weight excluding hydrogens is 260 g/mol. The van der Waals surface area contributed by atoms with Crippen LogP contribution in [0.15, 0.2) is 27.6 Å². The number of thioether (sulfide) groups is 1. The standard InChI is InChI=1S/C10H13BrN2S/c1-6(2)14-8-5-3-4-7(11)9(8)10(12)13/h3-6H,1-2H3,(H3,12,13). The largest absolute Gasteiger partial charge is 0.384 e. The van der Waals surface area contributed by atoms with Gasteiger partial charge in [0.1, 0.15) is 5.84 Å². The summed E-state index contributed by atoms with van der Waals surface area (Å²) in [6.07, 6.45) is 0. The third-order valence-electron chi connectivity index (χ3n) is 1.61. The molecule has 0 heterocycles. The number of nitrogen functional groups attached to an aromatic ring is 1. The van der Waals surface area contributed by atoms with Gasteiger partial charge in [-0.25, -0.2) is 0 Å². The topological polar surface area (TPSA) is 49.9 Å². The van der Waals surface area contributed by atoms with Crippen molar-refractivity contribution in [3.63, 3.8) is 0 Å². The van der Waals surface area contributed by atoms with E-state index < -0.39 is 0 Å². The fraction of sp³-hybridized carbons (Fsp3) is 0.300. The maximum Gasteiger partial charge on any atom is 0.125 e. The van der Waals surface area contributed by atoms with Crippen molar-refractivity contribution in [2.75, 3.05) is 0 Å². The number of benzene rings is 1. The molecule has 1 aromatic carbocycles. The summed E-state index contributed by atoms with van der Waals surface area (Å²) < 4.78 is 0.885. The van der Waals surface area contributed by atoms with Crippen LogP contribution in [0.1, 0.15) is 19.4 Å². The van der Waals surface area contributed by atoms with Crippen LogP contribution >= 0.6 is 27.7 Å². The molecule has 0 radical (unpaired) electrons. The van der Waals surface area contributed by atoms with Crippen LogP contribution in [0, 0.1) is 5.41 Å². The molecule has 0 saturated carbocycles. The van der Waals surface area contributed by atoms with E-state index in [2.05, 4.69) is 29.8 Å². The minimum atomic E-state index is 0.112. The van der Waals surface area contributed by atoms with Gasteiger partial charge in [0.15, 0.2) is 0 Å². The molecule has 1 aromatic rings. The number of hydrogen-bond acceptors (Lipinski definition) is 2. The number of nitrogens with two attached hydrogens (primary N) is 1. The molecule has 0 spiro atoms. The van der Waals surface area contributed by atoms with Crippen LogP contribution in [0.3, 0.4) is 0 Å². The lowest BCUT2D eigenvalue weighted by Gasteiger charge is -2.11. The Kier molecular flexibility index (Phi) is 4.01. The second-order valence-electron chi connectivity index (χ2n) is 3.19. The van der Waals surface area contributed by atoms with Crippen LogP contribution in [0.4, 0.5) is 0 Å². The summed E-state index contributed by atoms with van der Waals surface area (Å²) in [6, 6.07) is 5.86. The average Bonchev–Trinajstić information content (AvgIpc) is 2.01. The van der Waals surface area contributed by atoms with Crippen molar-refractivity contribution in [3.8, 4) is 0 Å². The van der Waals surface area contributed by atoms with Crippen LogP contribution in [-0.2, 0) is 0 Å². The third-order valence-corrected chi connectivity index (χ3v) is 3.33. The Morgan fingerprint density at radius 2 is 2.14 bits per heavy atom. The Morgan fingerprint density at radius 1 is 1.50 bits per heavy atom. The monoisotopic (exact) mass is 272 g/mol. The number of halogens is 1. The van der Waals surface area contributed by atoms with Gasteiger partial charge in [-0.2, -0.15) is 0 Å². The molecule has 0 aromatic heterocycles. The SMILES string of the molecule is CC(C)Sc1cccc(Br)c1C(=N)N. The average molecular weight is 273 g/mol. The zero-order chi connectivity index (χ0) is 10.7. The lowest BCUT2D eigenvalue weighted by molar-refractivity contribution is 1.11. The highest BCUT2D eigenvalue weighted by Gasteiger charge is 2.10. The minimum absolute atomic E-state index is 0.112. The molecule has 0 atom stereocenters. The predicted octanol–water partition coefficient (Wildman–Crippen LogP) is 3.23. The van der Waals surface area contributed by atoms with E-state index in [4.69, 9.17) is 11.1 Å². The van der Waals surface area contributed by atoms with Crippen LogP contribution in [0.5, 0.6) is 0 Å². The fourth-order valence-electron chi connectivity index (χ4n) is 1.12. The molecule has 0 bridgehead atoms. The smallest absolute Gasteiger partial charge is 0.125 e. The first-order valence-corrected chi connectivity index (χ1v) is 5.99. The zero-order valence-electron chi connectivity index (χ0n) is 8.17. The van der Waals surface area contributed by atoms with Crippen molar-refractivity contribution in [3.05, 3.63) is 28.2 Å². The van der Waals surface area contributed by atoms with Crippen LogP contribution in [-0.4, -0.2) is 11.1 Å². The van der Waals surface area contributed by atoms with Crippen molar-refractivity contribution >= 4 is 33.5 Å². The molecule has 0 saturated heterocycles. The molecule has 3 N–H and O–H groups in total. The summed E-state index contributed by atoms with van der Waals surface area (Å²) in [5.74, 6) is 0.112. The molecule has 0 aliphatic rings. The van der Waals surface area contributed by atoms with Crippen molar-refractivity contribution in [2.24, 2.45) is 5.73 Å². The molecule has 0 fully saturated rings. The van der Waals surface area contributed by atoms with Crippen molar-refractivity contribution in [2.45, 2.75) is 24.0 Å². The van der Waals surface area contributed by atoms with E-state index in [1.165, 1.54) is 0 Å². The Bertz CT molecular complexity index is 350. The molecule has 0 aliphatic carbocycles. The molecule has 76 valence electrons. The number of hydrogen-bond donors (Lipinski definition) is 2. The van der Waals surface area contributed by atoms with Gasteiger partial charge in [0.2, 0.25) is 0 Å². The summed E-state index contributed by atoms with van der Waals surface area (Å²) >= 11 is 5.12. The van der Waals surface area contributed by atoms with E-state index in [9.17, 15) is 0 Å². The lowest BCUT2D eigenvalue weighted by Crippen LogP contribution is -2.13. The summed E-state index contributed by atoms with van der Waals surface area (Å²) in [7, 11) is 0. The Hall–Kier alpha value is -0.480. The van der Waals surface area contributed by atoms with Crippen LogP contribution in [0.2, 0.25) is 0 Å². The van der Waals surface area contributed by atoms with Crippen LogP contribution in [0.25, 0.3) is 0 Å². The predicted molar refractivity (Wildman–Crippen MR) is 66.2 cm³/mol. The van der Waals surface area contributed by atoms with Gasteiger partial charge in [-0.15, -0.1) is 11.8 Å². The highest BCUT2D eigenvalue weighted by molar-refractivity contribution is 9.10. The summed E-state index contributed by atoms with van der Waals surface area (Å²) in [5.41, 5.74) is 6.33. The second kappa shape index (κ2) is 4.84. The molecule has 0 aliphatic heterocycles. The van der Waals surface area contributed by atoms with Gasteiger partial charge in [-0.3, -0.25) is 5.41 Å². The second-order valence-corrected chi connectivity index (χ2v) is 5.67. The van der Waals surface area contributed by atoms with E-state index in [1.54, 1.807) is 11.8 Å². The first-order valence-electron chi connectivity index (χ1n) is 4.32. The van der Waals surface area contributed by atoms with E-state index in [1.807, 2.05) is 18.2 Å². The quantitative estimate of drug-likeness (QED) is 0.504. The van der Waals surface area contributed by atoms with E-state index in [0.29, 0.717) is 5.25 Å². The van der Waals surface area contributed by atoms with Gasteiger partial charge < -0.3 is 5.73 Å². The Labute approximate surface area is 96.9 Å². The van der Waals surface area contributed by atoms with Crippen molar-refractivity contribution in [1.82, 2.24) is 0 Å². The normalized spacial score (nSPS) is 10.6. The maximum atomic E-state index is 7.50. The minimum Gasteiger partial charge on any atom is -0.384 e. The Morgan fingerprint density at radius 3 is 2.64 bits per heavy atom. The molecule has 14 heavy (non-hydrogen) atoms. The van der Waals surface area contributed by atoms with Gasteiger partial charge >= 0.3 is 0 Å². The molecular formula is C10H13BrN2S. The molecule has 1 rings (SSSR count). The number of rotatable bonds is 3. The van der Waals surface area contributed by atoms with Gasteiger partial charge in [0.25, 0.3) is 0 Å². The van der Waals surface area contributed by atoms with Gasteiger partial charge in [0.05, 0.1) is 0 Å². The third kappa shape index (κ3) is 2.75. The molecule has 2 nitrogen and oxygen atoms in total. The first-order chi connectivity index (χ1) is 6.52. The van der Waals surface area contributed by atoms with Crippen molar-refractivity contribution < 1.29 is 0 Å². The van der Waals surface area contributed by atoms with Gasteiger partial charge in [0, 0.05) is 20.2 Å². The number of amidine groups is 1. The van der Waals surface area contributed by atoms with E-state index >= 15 is 0 Å². The number of nitrogens with one attached hydrogen (secondary N) is 1. The lowest BCUT2D eigenvalue weighted by atomic mass is 10.2. The van der Waals surface area contributed by atoms with Gasteiger partial charge in [-0.05, 0) is 28.1 Å².